The predicted octanol–water partition coefficient (Wildman–Crippen LogP) is 4.36. The highest BCUT2D eigenvalue weighted by Crippen LogP contribution is 2.51. The van der Waals surface area contributed by atoms with Gasteiger partial charge in [-0.15, -0.1) is 0 Å². The van der Waals surface area contributed by atoms with Crippen molar-refractivity contribution in [3.05, 3.63) is 107 Å². The van der Waals surface area contributed by atoms with E-state index in [9.17, 15) is 13.6 Å². The zero-order chi connectivity index (χ0) is 27.3. The molecule has 8 heteroatoms. The van der Waals surface area contributed by atoms with E-state index in [-0.39, 0.29) is 36.0 Å². The van der Waals surface area contributed by atoms with Gasteiger partial charge in [-0.05, 0) is 41.1 Å². The number of allylic oxidation sites excluding steroid dienone is 1. The SMILES string of the molecule is C=C(Cc1ccc2c(c1)-c1ccccc1C2(F)F)N1CC(CN)CC1C(=O)OCc1ccccc1.NC=O. The molecule has 3 aromatic carbocycles. The second-order valence-corrected chi connectivity index (χ2v) is 9.48. The molecule has 0 aromatic heterocycles. The van der Waals surface area contributed by atoms with Crippen LogP contribution in [-0.2, 0) is 33.3 Å². The Hall–Kier alpha value is -4.04. The summed E-state index contributed by atoms with van der Waals surface area (Å²) < 4.78 is 35.4. The maximum absolute atomic E-state index is 14.9. The summed E-state index contributed by atoms with van der Waals surface area (Å²) in [5, 5.41) is 0. The topological polar surface area (TPSA) is 98.7 Å². The van der Waals surface area contributed by atoms with Gasteiger partial charge in [0.15, 0.2) is 0 Å². The van der Waals surface area contributed by atoms with Crippen molar-refractivity contribution >= 4 is 12.4 Å². The highest BCUT2D eigenvalue weighted by Gasteiger charge is 2.44. The molecule has 6 nitrogen and oxygen atoms in total. The second kappa shape index (κ2) is 11.6. The minimum atomic E-state index is -3.00. The van der Waals surface area contributed by atoms with Crippen LogP contribution in [0.5, 0.6) is 0 Å². The number of hydrogen-bond acceptors (Lipinski definition) is 5. The van der Waals surface area contributed by atoms with Crippen LogP contribution in [0.1, 0.15) is 28.7 Å². The Morgan fingerprint density at radius 3 is 2.39 bits per heavy atom. The summed E-state index contributed by atoms with van der Waals surface area (Å²) in [6.07, 6.45) is 1.30. The fourth-order valence-electron chi connectivity index (χ4n) is 5.16. The summed E-state index contributed by atoms with van der Waals surface area (Å²) in [5.74, 6) is -3.14. The Morgan fingerprint density at radius 1 is 1.03 bits per heavy atom. The molecule has 38 heavy (non-hydrogen) atoms. The number of benzene rings is 3. The summed E-state index contributed by atoms with van der Waals surface area (Å²) >= 11 is 0. The number of rotatable bonds is 7. The van der Waals surface area contributed by atoms with Gasteiger partial charge in [-0.1, -0.05) is 79.4 Å². The number of fused-ring (bicyclic) bond motifs is 3. The van der Waals surface area contributed by atoms with Crippen molar-refractivity contribution in [2.45, 2.75) is 31.4 Å². The van der Waals surface area contributed by atoms with Crippen LogP contribution in [0.15, 0.2) is 85.1 Å². The monoisotopic (exact) mass is 519 g/mol. The van der Waals surface area contributed by atoms with Gasteiger partial charge >= 0.3 is 5.97 Å². The van der Waals surface area contributed by atoms with E-state index in [0.717, 1.165) is 16.8 Å². The van der Waals surface area contributed by atoms with Crippen molar-refractivity contribution in [2.24, 2.45) is 17.4 Å². The molecule has 1 saturated heterocycles. The lowest BCUT2D eigenvalue weighted by Crippen LogP contribution is -2.37. The van der Waals surface area contributed by atoms with Crippen molar-refractivity contribution in [1.29, 1.82) is 0 Å². The van der Waals surface area contributed by atoms with Crippen molar-refractivity contribution in [1.82, 2.24) is 4.90 Å². The average Bonchev–Trinajstić information content (AvgIpc) is 3.46. The molecular weight excluding hydrogens is 488 g/mol. The van der Waals surface area contributed by atoms with Gasteiger partial charge in [-0.2, -0.15) is 8.78 Å². The lowest BCUT2D eigenvalue weighted by Gasteiger charge is -2.27. The van der Waals surface area contributed by atoms with Gasteiger partial charge in [-0.25, -0.2) is 4.79 Å². The summed E-state index contributed by atoms with van der Waals surface area (Å²) in [7, 11) is 0. The Labute approximate surface area is 220 Å². The Morgan fingerprint density at radius 2 is 1.68 bits per heavy atom. The van der Waals surface area contributed by atoms with Gasteiger partial charge in [0.1, 0.15) is 12.6 Å². The molecule has 0 radical (unpaired) electrons. The van der Waals surface area contributed by atoms with E-state index in [1.807, 2.05) is 41.3 Å². The standard InChI is InChI=1S/C29H28F2N2O2.CH3NO/c1-19(13-21-11-12-26-24(14-21)23-9-5-6-10-25(23)29(26,30)31)33-17-22(16-32)15-27(33)28(34)35-18-20-7-3-2-4-8-20;2-1-3/h2-12,14,22,27H,1,13,15-18,32H2;1H,(H2,2,3). The number of ether oxygens (including phenoxy) is 1. The fraction of sp³-hybridized carbons (Fsp3) is 0.267. The number of likely N-dealkylation sites (tertiary alicyclic amines) is 1. The Bertz CT molecular complexity index is 1310. The van der Waals surface area contributed by atoms with Gasteiger partial charge in [-0.3, -0.25) is 4.79 Å². The van der Waals surface area contributed by atoms with Crippen molar-refractivity contribution in [3.63, 3.8) is 0 Å². The molecule has 1 aliphatic carbocycles. The van der Waals surface area contributed by atoms with Crippen LogP contribution in [0.25, 0.3) is 11.1 Å². The van der Waals surface area contributed by atoms with Gasteiger partial charge in [0, 0.05) is 29.8 Å². The van der Waals surface area contributed by atoms with E-state index < -0.39 is 12.0 Å². The molecule has 1 fully saturated rings. The molecule has 0 spiro atoms. The lowest BCUT2D eigenvalue weighted by molar-refractivity contribution is -0.149. The average molecular weight is 520 g/mol. The van der Waals surface area contributed by atoms with Crippen LogP contribution in [0, 0.1) is 5.92 Å². The van der Waals surface area contributed by atoms with Crippen LogP contribution < -0.4 is 11.5 Å². The first-order valence-corrected chi connectivity index (χ1v) is 12.4. The number of halogens is 2. The summed E-state index contributed by atoms with van der Waals surface area (Å²) in [4.78, 5) is 23.5. The third-order valence-corrected chi connectivity index (χ3v) is 7.01. The number of amides is 1. The van der Waals surface area contributed by atoms with E-state index in [2.05, 4.69) is 12.3 Å². The molecule has 2 aliphatic rings. The maximum Gasteiger partial charge on any atom is 0.329 e. The fourth-order valence-corrected chi connectivity index (χ4v) is 5.16. The van der Waals surface area contributed by atoms with Crippen molar-refractivity contribution in [3.8, 4) is 11.1 Å². The van der Waals surface area contributed by atoms with Gasteiger partial charge in [0.2, 0.25) is 6.41 Å². The Kier molecular flexibility index (Phi) is 8.22. The van der Waals surface area contributed by atoms with Gasteiger partial charge < -0.3 is 21.1 Å². The van der Waals surface area contributed by atoms with Crippen LogP contribution in [0.3, 0.4) is 0 Å². The molecule has 1 aliphatic heterocycles. The van der Waals surface area contributed by atoms with E-state index in [1.165, 1.54) is 12.1 Å². The van der Waals surface area contributed by atoms with E-state index in [4.69, 9.17) is 15.3 Å². The molecule has 3 aromatic rings. The third kappa shape index (κ3) is 5.45. The minimum absolute atomic E-state index is 0.0276. The largest absolute Gasteiger partial charge is 0.459 e. The number of nitrogens with two attached hydrogens (primary N) is 2. The van der Waals surface area contributed by atoms with Crippen LogP contribution >= 0.6 is 0 Å². The van der Waals surface area contributed by atoms with Crippen molar-refractivity contribution < 1.29 is 23.1 Å². The van der Waals surface area contributed by atoms with Crippen LogP contribution in [0.4, 0.5) is 8.78 Å². The predicted molar refractivity (Wildman–Crippen MR) is 142 cm³/mol. The molecule has 0 bridgehead atoms. The number of carbonyl (C=O) groups is 2. The number of nitrogens with zero attached hydrogens (tertiary/aromatic N) is 1. The molecular formula is C30H31F2N3O3. The van der Waals surface area contributed by atoms with Crippen LogP contribution in [-0.4, -0.2) is 36.4 Å². The first kappa shape index (κ1) is 27.0. The Balaban J connectivity index is 0.00000107. The lowest BCUT2D eigenvalue weighted by atomic mass is 10.00. The molecule has 4 N–H and O–H groups in total. The molecule has 1 amide bonds. The molecule has 1 heterocycles. The number of alkyl halides is 2. The zero-order valence-electron chi connectivity index (χ0n) is 21.0. The number of carbonyl (C=O) groups excluding carboxylic acids is 2. The molecule has 0 saturated carbocycles. The van der Waals surface area contributed by atoms with Crippen LogP contribution in [0.2, 0.25) is 0 Å². The molecule has 2 unspecified atom stereocenters. The first-order chi connectivity index (χ1) is 18.3. The first-order valence-electron chi connectivity index (χ1n) is 12.4. The quantitative estimate of drug-likeness (QED) is 0.357. The summed E-state index contributed by atoms with van der Waals surface area (Å²) in [6.45, 7) is 5.54. The minimum Gasteiger partial charge on any atom is -0.459 e. The molecule has 2 atom stereocenters. The number of hydrogen-bond donors (Lipinski definition) is 2. The molecule has 198 valence electrons. The highest BCUT2D eigenvalue weighted by atomic mass is 19.3. The maximum atomic E-state index is 14.9. The normalized spacial score (nSPS) is 18.6. The van der Waals surface area contributed by atoms with E-state index >= 15 is 0 Å². The molecule has 5 rings (SSSR count). The van der Waals surface area contributed by atoms with E-state index in [0.29, 0.717) is 37.1 Å². The highest BCUT2D eigenvalue weighted by molar-refractivity contribution is 5.80. The third-order valence-electron chi connectivity index (χ3n) is 7.01. The second-order valence-electron chi connectivity index (χ2n) is 9.48. The summed E-state index contributed by atoms with van der Waals surface area (Å²) in [6, 6.07) is 20.8. The number of esters is 1. The van der Waals surface area contributed by atoms with Gasteiger partial charge in [0.25, 0.3) is 5.92 Å². The van der Waals surface area contributed by atoms with Gasteiger partial charge in [0.05, 0.1) is 0 Å². The van der Waals surface area contributed by atoms with Crippen molar-refractivity contribution in [2.75, 3.05) is 13.1 Å². The van der Waals surface area contributed by atoms with E-state index in [1.54, 1.807) is 24.3 Å². The smallest absolute Gasteiger partial charge is 0.329 e. The zero-order valence-corrected chi connectivity index (χ0v) is 21.0. The number of primary amides is 1. The summed E-state index contributed by atoms with van der Waals surface area (Å²) in [5.41, 5.74) is 13.8.